The van der Waals surface area contributed by atoms with Gasteiger partial charge in [0.15, 0.2) is 5.96 Å². The zero-order valence-corrected chi connectivity index (χ0v) is 12.2. The number of halogens is 1. The van der Waals surface area contributed by atoms with Gasteiger partial charge in [0.1, 0.15) is 5.82 Å². The lowest BCUT2D eigenvalue weighted by Gasteiger charge is -2.13. The monoisotopic (exact) mass is 293 g/mol. The molecule has 0 aliphatic carbocycles. The number of rotatable bonds is 2. The molecule has 22 heavy (non-hydrogen) atoms. The third-order valence-corrected chi connectivity index (χ3v) is 3.48. The van der Waals surface area contributed by atoms with Gasteiger partial charge in [-0.15, -0.1) is 0 Å². The van der Waals surface area contributed by atoms with E-state index in [1.807, 2.05) is 42.5 Å². The van der Waals surface area contributed by atoms with E-state index >= 15 is 0 Å². The number of guanidine groups is 1. The molecule has 0 heterocycles. The molecule has 0 fully saturated rings. The van der Waals surface area contributed by atoms with Gasteiger partial charge in [0.05, 0.1) is 0 Å². The Labute approximate surface area is 128 Å². The number of nitrogens with one attached hydrogen (secondary N) is 3. The minimum Gasteiger partial charge on any atom is -0.326 e. The SMILES string of the molecule is Cc1cc(NC(=N)Nc2cccc3ccccc23)ccc1F. The van der Waals surface area contributed by atoms with Crippen LogP contribution in [0.1, 0.15) is 5.56 Å². The largest absolute Gasteiger partial charge is 0.326 e. The van der Waals surface area contributed by atoms with Crippen molar-refractivity contribution in [2.24, 2.45) is 0 Å². The van der Waals surface area contributed by atoms with Crippen molar-refractivity contribution in [2.45, 2.75) is 6.92 Å². The van der Waals surface area contributed by atoms with Crippen molar-refractivity contribution in [1.29, 1.82) is 5.41 Å². The first-order chi connectivity index (χ1) is 10.6. The fourth-order valence-corrected chi connectivity index (χ4v) is 2.37. The topological polar surface area (TPSA) is 47.9 Å². The molecule has 0 unspecified atom stereocenters. The molecule has 3 aromatic carbocycles. The van der Waals surface area contributed by atoms with Gasteiger partial charge < -0.3 is 10.6 Å². The smallest absolute Gasteiger partial charge is 0.197 e. The number of aryl methyl sites for hydroxylation is 1. The van der Waals surface area contributed by atoms with E-state index in [0.717, 1.165) is 16.5 Å². The molecule has 0 saturated heterocycles. The van der Waals surface area contributed by atoms with Crippen LogP contribution in [0.15, 0.2) is 60.7 Å². The quantitative estimate of drug-likeness (QED) is 0.472. The highest BCUT2D eigenvalue weighted by molar-refractivity contribution is 6.07. The highest BCUT2D eigenvalue weighted by Crippen LogP contribution is 2.23. The average molecular weight is 293 g/mol. The van der Waals surface area contributed by atoms with Gasteiger partial charge in [0.25, 0.3) is 0 Å². The Morgan fingerprint density at radius 3 is 2.55 bits per heavy atom. The summed E-state index contributed by atoms with van der Waals surface area (Å²) in [6, 6.07) is 18.6. The normalized spacial score (nSPS) is 10.5. The zero-order chi connectivity index (χ0) is 15.5. The molecule has 0 radical (unpaired) electrons. The second-order valence-electron chi connectivity index (χ2n) is 5.12. The summed E-state index contributed by atoms with van der Waals surface area (Å²) in [5.41, 5.74) is 2.08. The summed E-state index contributed by atoms with van der Waals surface area (Å²) < 4.78 is 13.3. The molecule has 3 rings (SSSR count). The molecule has 3 N–H and O–H groups in total. The Morgan fingerprint density at radius 1 is 0.955 bits per heavy atom. The molecule has 110 valence electrons. The van der Waals surface area contributed by atoms with Gasteiger partial charge in [-0.3, -0.25) is 5.41 Å². The maximum atomic E-state index is 13.3. The van der Waals surface area contributed by atoms with E-state index < -0.39 is 0 Å². The Bertz CT molecular complexity index is 837. The maximum Gasteiger partial charge on any atom is 0.197 e. The van der Waals surface area contributed by atoms with Crippen LogP contribution in [0.2, 0.25) is 0 Å². The Balaban J connectivity index is 1.80. The van der Waals surface area contributed by atoms with E-state index in [1.54, 1.807) is 19.1 Å². The second-order valence-corrected chi connectivity index (χ2v) is 5.12. The summed E-state index contributed by atoms with van der Waals surface area (Å²) in [6.45, 7) is 1.70. The van der Waals surface area contributed by atoms with Gasteiger partial charge in [0, 0.05) is 16.8 Å². The first-order valence-electron chi connectivity index (χ1n) is 7.00. The van der Waals surface area contributed by atoms with Crippen LogP contribution in [0.4, 0.5) is 15.8 Å². The van der Waals surface area contributed by atoms with Crippen LogP contribution < -0.4 is 10.6 Å². The highest BCUT2D eigenvalue weighted by atomic mass is 19.1. The molecular formula is C18H16FN3. The summed E-state index contributed by atoms with van der Waals surface area (Å²) >= 11 is 0. The molecule has 3 nitrogen and oxygen atoms in total. The lowest BCUT2D eigenvalue weighted by Crippen LogP contribution is -2.20. The second kappa shape index (κ2) is 5.85. The van der Waals surface area contributed by atoms with Gasteiger partial charge in [0.2, 0.25) is 0 Å². The third kappa shape index (κ3) is 2.91. The van der Waals surface area contributed by atoms with Crippen LogP contribution in [0.3, 0.4) is 0 Å². The van der Waals surface area contributed by atoms with Gasteiger partial charge in [-0.05, 0) is 42.1 Å². The Morgan fingerprint density at radius 2 is 1.73 bits per heavy atom. The van der Waals surface area contributed by atoms with E-state index in [1.165, 1.54) is 6.07 Å². The van der Waals surface area contributed by atoms with E-state index in [9.17, 15) is 4.39 Å². The molecule has 4 heteroatoms. The molecule has 0 amide bonds. The molecule has 3 aromatic rings. The minimum atomic E-state index is -0.251. The Kier molecular flexibility index (Phi) is 3.74. The van der Waals surface area contributed by atoms with E-state index in [2.05, 4.69) is 10.6 Å². The number of benzene rings is 3. The molecule has 0 bridgehead atoms. The minimum absolute atomic E-state index is 0.141. The molecule has 0 aromatic heterocycles. The standard InChI is InChI=1S/C18H16FN3/c1-12-11-14(9-10-16(12)19)21-18(20)22-17-8-4-6-13-5-2-3-7-15(13)17/h2-11H,1H3,(H3,20,21,22). The van der Waals surface area contributed by atoms with Crippen LogP contribution in [0.5, 0.6) is 0 Å². The molecule has 0 spiro atoms. The predicted molar refractivity (Wildman–Crippen MR) is 90.1 cm³/mol. The van der Waals surface area contributed by atoms with Crippen molar-refractivity contribution in [2.75, 3.05) is 10.6 Å². The molecular weight excluding hydrogens is 277 g/mol. The lowest BCUT2D eigenvalue weighted by molar-refractivity contribution is 0.619. The number of anilines is 2. The van der Waals surface area contributed by atoms with Gasteiger partial charge in [-0.2, -0.15) is 0 Å². The molecule has 0 aliphatic heterocycles. The van der Waals surface area contributed by atoms with Crippen LogP contribution in [-0.4, -0.2) is 5.96 Å². The summed E-state index contributed by atoms with van der Waals surface area (Å²) in [5, 5.41) is 16.2. The molecule has 0 saturated carbocycles. The van der Waals surface area contributed by atoms with Gasteiger partial charge in [-0.1, -0.05) is 36.4 Å². The maximum absolute atomic E-state index is 13.3. The van der Waals surface area contributed by atoms with Crippen molar-refractivity contribution in [1.82, 2.24) is 0 Å². The Hall–Kier alpha value is -2.88. The van der Waals surface area contributed by atoms with Crippen molar-refractivity contribution >= 4 is 28.1 Å². The van der Waals surface area contributed by atoms with Gasteiger partial charge >= 0.3 is 0 Å². The van der Waals surface area contributed by atoms with Gasteiger partial charge in [-0.25, -0.2) is 4.39 Å². The first kappa shape index (κ1) is 14.1. The third-order valence-electron chi connectivity index (χ3n) is 3.48. The van der Waals surface area contributed by atoms with E-state index in [-0.39, 0.29) is 11.8 Å². The first-order valence-corrected chi connectivity index (χ1v) is 7.00. The lowest BCUT2D eigenvalue weighted by atomic mass is 10.1. The van der Waals surface area contributed by atoms with E-state index in [0.29, 0.717) is 11.3 Å². The number of hydrogen-bond donors (Lipinski definition) is 3. The van der Waals surface area contributed by atoms with E-state index in [4.69, 9.17) is 5.41 Å². The van der Waals surface area contributed by atoms with Crippen molar-refractivity contribution in [3.8, 4) is 0 Å². The fraction of sp³-hybridized carbons (Fsp3) is 0.0556. The summed E-state index contributed by atoms with van der Waals surface area (Å²) in [6.07, 6.45) is 0. The molecule has 0 aliphatic rings. The summed E-state index contributed by atoms with van der Waals surface area (Å²) in [7, 11) is 0. The average Bonchev–Trinajstić information content (AvgIpc) is 2.51. The number of fused-ring (bicyclic) bond motifs is 1. The van der Waals surface area contributed by atoms with Crippen molar-refractivity contribution in [3.05, 3.63) is 72.0 Å². The van der Waals surface area contributed by atoms with Crippen LogP contribution in [-0.2, 0) is 0 Å². The summed E-state index contributed by atoms with van der Waals surface area (Å²) in [4.78, 5) is 0. The van der Waals surface area contributed by atoms with Crippen LogP contribution in [0.25, 0.3) is 10.8 Å². The van der Waals surface area contributed by atoms with Crippen LogP contribution >= 0.6 is 0 Å². The van der Waals surface area contributed by atoms with Crippen molar-refractivity contribution in [3.63, 3.8) is 0 Å². The predicted octanol–water partition coefficient (Wildman–Crippen LogP) is 4.75. The fourth-order valence-electron chi connectivity index (χ4n) is 2.37. The highest BCUT2D eigenvalue weighted by Gasteiger charge is 2.04. The molecule has 0 atom stereocenters. The van der Waals surface area contributed by atoms with Crippen LogP contribution in [0, 0.1) is 18.2 Å². The summed E-state index contributed by atoms with van der Waals surface area (Å²) in [5.74, 6) is -0.110. The van der Waals surface area contributed by atoms with Crippen molar-refractivity contribution < 1.29 is 4.39 Å². The number of hydrogen-bond acceptors (Lipinski definition) is 1. The zero-order valence-electron chi connectivity index (χ0n) is 12.2.